The van der Waals surface area contributed by atoms with Gasteiger partial charge in [-0.25, -0.2) is 4.99 Å². The van der Waals surface area contributed by atoms with Crippen molar-refractivity contribution in [3.8, 4) is 11.5 Å². The topological polar surface area (TPSA) is 49.3 Å². The van der Waals surface area contributed by atoms with Crippen LogP contribution in [0, 0.1) is 0 Å². The van der Waals surface area contributed by atoms with Gasteiger partial charge < -0.3 is 18.9 Å². The molecular weight excluding hydrogens is 270 g/mol. The van der Waals surface area contributed by atoms with Crippen LogP contribution in [0.3, 0.4) is 0 Å². The zero-order chi connectivity index (χ0) is 15.6. The fraction of sp³-hybridized carbons (Fsp3) is 0.438. The third-order valence-corrected chi connectivity index (χ3v) is 3.48. The maximum Gasteiger partial charge on any atom is 0.226 e. The van der Waals surface area contributed by atoms with Gasteiger partial charge in [-0.1, -0.05) is 0 Å². The van der Waals surface area contributed by atoms with Crippen molar-refractivity contribution >= 4 is 17.3 Å². The fourth-order valence-electron chi connectivity index (χ4n) is 2.01. The largest absolute Gasteiger partial charge is 0.493 e. The van der Waals surface area contributed by atoms with Crippen LogP contribution in [0.25, 0.3) is 5.76 Å². The molecule has 1 aliphatic rings. The Morgan fingerprint density at radius 1 is 1.10 bits per heavy atom. The van der Waals surface area contributed by atoms with Crippen molar-refractivity contribution in [2.45, 2.75) is 26.4 Å². The monoisotopic (exact) mass is 291 g/mol. The number of nitrogens with zero attached hydrogens (tertiary/aromatic N) is 1. The van der Waals surface area contributed by atoms with Crippen LogP contribution in [0.2, 0.25) is 0 Å². The molecule has 0 atom stereocenters. The SMILES string of the molecule is C/C=C1\OC(C(C)(C)OC)=Nc2cc(OC)c(OC)cc21. The van der Waals surface area contributed by atoms with Gasteiger partial charge in [-0.15, -0.1) is 0 Å². The van der Waals surface area contributed by atoms with Gasteiger partial charge in [0.1, 0.15) is 11.4 Å². The van der Waals surface area contributed by atoms with E-state index in [4.69, 9.17) is 18.9 Å². The molecule has 0 saturated carbocycles. The first-order valence-electron chi connectivity index (χ1n) is 6.71. The molecule has 5 nitrogen and oxygen atoms in total. The summed E-state index contributed by atoms with van der Waals surface area (Å²) in [6, 6.07) is 3.70. The van der Waals surface area contributed by atoms with E-state index in [1.807, 2.05) is 39.0 Å². The first-order valence-corrected chi connectivity index (χ1v) is 6.71. The van der Waals surface area contributed by atoms with E-state index in [-0.39, 0.29) is 0 Å². The van der Waals surface area contributed by atoms with Crippen molar-refractivity contribution in [1.29, 1.82) is 0 Å². The van der Waals surface area contributed by atoms with E-state index < -0.39 is 5.60 Å². The van der Waals surface area contributed by atoms with Gasteiger partial charge in [0.05, 0.1) is 19.9 Å². The summed E-state index contributed by atoms with van der Waals surface area (Å²) < 4.78 is 22.0. The summed E-state index contributed by atoms with van der Waals surface area (Å²) in [5.41, 5.74) is 1.02. The molecule has 21 heavy (non-hydrogen) atoms. The van der Waals surface area contributed by atoms with Gasteiger partial charge in [-0.2, -0.15) is 0 Å². The minimum Gasteiger partial charge on any atom is -0.493 e. The molecule has 0 aromatic heterocycles. The van der Waals surface area contributed by atoms with E-state index in [1.54, 1.807) is 21.3 Å². The third-order valence-electron chi connectivity index (χ3n) is 3.48. The number of methoxy groups -OCH3 is 3. The lowest BCUT2D eigenvalue weighted by Crippen LogP contribution is -2.36. The standard InChI is InChI=1S/C16H21NO4/c1-7-12-10-8-13(18-4)14(19-5)9-11(10)17-15(21-12)16(2,3)20-6/h7-9H,1-6H3/b12-7-. The highest BCUT2D eigenvalue weighted by atomic mass is 16.5. The zero-order valence-corrected chi connectivity index (χ0v) is 13.3. The molecule has 0 spiro atoms. The molecule has 0 N–H and O–H groups in total. The van der Waals surface area contributed by atoms with Crippen molar-refractivity contribution in [2.75, 3.05) is 21.3 Å². The minimum atomic E-state index is -0.612. The Morgan fingerprint density at radius 2 is 1.71 bits per heavy atom. The number of benzene rings is 1. The molecule has 0 radical (unpaired) electrons. The Bertz CT molecular complexity index is 603. The summed E-state index contributed by atoms with van der Waals surface area (Å²) in [4.78, 5) is 4.56. The van der Waals surface area contributed by atoms with E-state index in [0.29, 0.717) is 17.4 Å². The average molecular weight is 291 g/mol. The lowest BCUT2D eigenvalue weighted by atomic mass is 10.0. The summed E-state index contributed by atoms with van der Waals surface area (Å²) in [5, 5.41) is 0. The normalized spacial score (nSPS) is 16.1. The van der Waals surface area contributed by atoms with Gasteiger partial charge in [0.25, 0.3) is 0 Å². The molecule has 0 saturated heterocycles. The molecule has 0 fully saturated rings. The summed E-state index contributed by atoms with van der Waals surface area (Å²) in [7, 11) is 4.83. The second-order valence-electron chi connectivity index (χ2n) is 5.11. The van der Waals surface area contributed by atoms with Crippen molar-refractivity contribution in [3.63, 3.8) is 0 Å². The maximum absolute atomic E-state index is 5.88. The van der Waals surface area contributed by atoms with Gasteiger partial charge in [0, 0.05) is 18.7 Å². The molecule has 1 aliphatic heterocycles. The minimum absolute atomic E-state index is 0.512. The van der Waals surface area contributed by atoms with Crippen LogP contribution < -0.4 is 9.47 Å². The van der Waals surface area contributed by atoms with E-state index in [0.717, 1.165) is 17.0 Å². The Kier molecular flexibility index (Phi) is 4.23. The smallest absolute Gasteiger partial charge is 0.226 e. The molecule has 0 amide bonds. The van der Waals surface area contributed by atoms with Crippen LogP contribution in [0.15, 0.2) is 23.2 Å². The summed E-state index contributed by atoms with van der Waals surface area (Å²) in [6.45, 7) is 5.73. The first kappa shape index (κ1) is 15.4. The highest BCUT2D eigenvalue weighted by Gasteiger charge is 2.32. The molecule has 0 aliphatic carbocycles. The molecule has 114 valence electrons. The lowest BCUT2D eigenvalue weighted by molar-refractivity contribution is 0.0669. The van der Waals surface area contributed by atoms with Crippen LogP contribution in [0.5, 0.6) is 11.5 Å². The van der Waals surface area contributed by atoms with Crippen LogP contribution >= 0.6 is 0 Å². The zero-order valence-electron chi connectivity index (χ0n) is 13.3. The second kappa shape index (κ2) is 5.77. The average Bonchev–Trinajstić information content (AvgIpc) is 2.52. The first-order chi connectivity index (χ1) is 9.96. The lowest BCUT2D eigenvalue weighted by Gasteiger charge is -2.29. The predicted octanol–water partition coefficient (Wildman–Crippen LogP) is 3.55. The van der Waals surface area contributed by atoms with Crippen LogP contribution in [-0.2, 0) is 9.47 Å². The van der Waals surface area contributed by atoms with E-state index in [9.17, 15) is 0 Å². The Labute approximate surface area is 125 Å². The molecule has 0 bridgehead atoms. The highest BCUT2D eigenvalue weighted by molar-refractivity contribution is 5.96. The quantitative estimate of drug-likeness (QED) is 0.851. The highest BCUT2D eigenvalue weighted by Crippen LogP contribution is 2.41. The van der Waals surface area contributed by atoms with E-state index >= 15 is 0 Å². The Hall–Kier alpha value is -2.01. The van der Waals surface area contributed by atoms with Crippen LogP contribution in [-0.4, -0.2) is 32.8 Å². The second-order valence-corrected chi connectivity index (χ2v) is 5.11. The number of allylic oxidation sites excluding steroid dienone is 1. The van der Waals surface area contributed by atoms with E-state index in [2.05, 4.69) is 4.99 Å². The third kappa shape index (κ3) is 2.74. The molecule has 5 heteroatoms. The Morgan fingerprint density at radius 3 is 2.24 bits per heavy atom. The molecule has 0 unspecified atom stereocenters. The summed E-state index contributed by atoms with van der Waals surface area (Å²) in [6.07, 6.45) is 1.89. The van der Waals surface area contributed by atoms with Gasteiger partial charge in [-0.3, -0.25) is 0 Å². The number of hydrogen-bond donors (Lipinski definition) is 0. The maximum atomic E-state index is 5.88. The van der Waals surface area contributed by atoms with E-state index in [1.165, 1.54) is 0 Å². The van der Waals surface area contributed by atoms with Crippen molar-refractivity contribution in [2.24, 2.45) is 4.99 Å². The number of rotatable bonds is 4. The Balaban J connectivity index is 2.62. The molecular formula is C16H21NO4. The molecule has 1 aromatic rings. The van der Waals surface area contributed by atoms with Crippen LogP contribution in [0.1, 0.15) is 26.3 Å². The fourth-order valence-corrected chi connectivity index (χ4v) is 2.01. The molecule has 1 heterocycles. The summed E-state index contributed by atoms with van der Waals surface area (Å²) >= 11 is 0. The number of fused-ring (bicyclic) bond motifs is 1. The van der Waals surface area contributed by atoms with Gasteiger partial charge in [0.15, 0.2) is 11.5 Å². The molecule has 1 aromatic carbocycles. The predicted molar refractivity (Wildman–Crippen MR) is 82.5 cm³/mol. The number of aliphatic imine (C=N–C) groups is 1. The van der Waals surface area contributed by atoms with Crippen molar-refractivity contribution < 1.29 is 18.9 Å². The number of ether oxygens (including phenoxy) is 4. The van der Waals surface area contributed by atoms with Gasteiger partial charge >= 0.3 is 0 Å². The summed E-state index contributed by atoms with van der Waals surface area (Å²) in [5.74, 6) is 2.51. The van der Waals surface area contributed by atoms with Gasteiger partial charge in [0.2, 0.25) is 5.90 Å². The van der Waals surface area contributed by atoms with Gasteiger partial charge in [-0.05, 0) is 32.9 Å². The van der Waals surface area contributed by atoms with Crippen molar-refractivity contribution in [1.82, 2.24) is 0 Å². The number of hydrogen-bond acceptors (Lipinski definition) is 5. The van der Waals surface area contributed by atoms with Crippen molar-refractivity contribution in [3.05, 3.63) is 23.8 Å². The van der Waals surface area contributed by atoms with Crippen LogP contribution in [0.4, 0.5) is 5.69 Å². The molecule has 2 rings (SSSR count).